The topological polar surface area (TPSA) is 160 Å². The number of hydrogen-bond acceptors (Lipinski definition) is 10. The van der Waals surface area contributed by atoms with Gasteiger partial charge >= 0.3 is 0 Å². The average molecular weight is 585 g/mol. The third-order valence-corrected chi connectivity index (χ3v) is 8.18. The normalized spacial score (nSPS) is 17.4. The summed E-state index contributed by atoms with van der Waals surface area (Å²) < 4.78 is 16.4. The number of phenolic OH excluding ortho intramolecular Hbond substituents is 3. The SMILES string of the molecule is COc1cc(OC)c2c(O)c3c(c(-c4c(O)cc(O)c5c4C(=O)c4cc(C)cc(OC)c4C5=O)c2c1)CC(C)(O)CC3=O. The van der Waals surface area contributed by atoms with Crippen LogP contribution in [0.2, 0.25) is 0 Å². The molecule has 10 nitrogen and oxygen atoms in total. The predicted octanol–water partition coefficient (Wildman–Crippen LogP) is 4.61. The maximum Gasteiger partial charge on any atom is 0.202 e. The summed E-state index contributed by atoms with van der Waals surface area (Å²) in [6.07, 6.45) is -0.437. The van der Waals surface area contributed by atoms with Gasteiger partial charge in [0.05, 0.1) is 49.0 Å². The van der Waals surface area contributed by atoms with Gasteiger partial charge in [-0.25, -0.2) is 0 Å². The Bertz CT molecular complexity index is 1950. The molecule has 1 atom stereocenters. The van der Waals surface area contributed by atoms with Crippen LogP contribution in [0, 0.1) is 6.92 Å². The van der Waals surface area contributed by atoms with Gasteiger partial charge in [0.15, 0.2) is 11.6 Å². The van der Waals surface area contributed by atoms with Gasteiger partial charge in [-0.15, -0.1) is 0 Å². The lowest BCUT2D eigenvalue weighted by molar-refractivity contribution is 0.0410. The Morgan fingerprint density at radius 2 is 1.37 bits per heavy atom. The number of hydrogen-bond donors (Lipinski definition) is 4. The minimum absolute atomic E-state index is 0.00999. The van der Waals surface area contributed by atoms with E-state index >= 15 is 0 Å². The lowest BCUT2D eigenvalue weighted by Crippen LogP contribution is -2.36. The summed E-state index contributed by atoms with van der Waals surface area (Å²) in [5, 5.41) is 45.3. The van der Waals surface area contributed by atoms with E-state index in [0.29, 0.717) is 11.3 Å². The van der Waals surface area contributed by atoms with Crippen molar-refractivity contribution in [3.05, 3.63) is 69.3 Å². The first-order valence-electron chi connectivity index (χ1n) is 13.4. The van der Waals surface area contributed by atoms with Crippen LogP contribution in [0.3, 0.4) is 0 Å². The smallest absolute Gasteiger partial charge is 0.202 e. The van der Waals surface area contributed by atoms with E-state index in [4.69, 9.17) is 14.2 Å². The van der Waals surface area contributed by atoms with Crippen LogP contribution >= 0.6 is 0 Å². The van der Waals surface area contributed by atoms with E-state index in [9.17, 15) is 34.8 Å². The summed E-state index contributed by atoms with van der Waals surface area (Å²) in [7, 11) is 4.15. The highest BCUT2D eigenvalue weighted by Crippen LogP contribution is 2.54. The molecule has 0 aliphatic heterocycles. The number of methoxy groups -OCH3 is 3. The van der Waals surface area contributed by atoms with Crippen LogP contribution in [0.25, 0.3) is 21.9 Å². The number of rotatable bonds is 4. The van der Waals surface area contributed by atoms with Crippen molar-refractivity contribution in [1.82, 2.24) is 0 Å². The second kappa shape index (κ2) is 9.47. The number of benzene rings is 4. The third-order valence-electron chi connectivity index (χ3n) is 8.18. The standard InChI is InChI=1S/C33H28O10/c1-13-6-16-26(21(7-13)42-4)32(39)28-19(35)10-18(34)27(29(28)30(16)37)23-15-8-14(41-3)9-22(43-5)25(15)31(38)24-17(23)11-33(2,40)12-20(24)36/h6-10,34-35,38,40H,11-12H2,1-5H3. The Labute approximate surface area is 245 Å². The van der Waals surface area contributed by atoms with Crippen molar-refractivity contribution in [2.75, 3.05) is 21.3 Å². The van der Waals surface area contributed by atoms with Crippen LogP contribution in [-0.2, 0) is 6.42 Å². The molecule has 1 unspecified atom stereocenters. The number of phenols is 3. The number of carbonyl (C=O) groups excluding carboxylic acids is 3. The zero-order valence-corrected chi connectivity index (χ0v) is 24.0. The first-order chi connectivity index (χ1) is 20.3. The van der Waals surface area contributed by atoms with Crippen LogP contribution in [0.5, 0.6) is 34.5 Å². The maximum atomic E-state index is 14.3. The Hall–Kier alpha value is -5.09. The number of Topliss-reactive ketones (excluding diaryl/α,β-unsaturated/α-hetero) is 1. The molecular formula is C33H28O10. The Morgan fingerprint density at radius 1 is 0.698 bits per heavy atom. The van der Waals surface area contributed by atoms with Crippen molar-refractivity contribution in [1.29, 1.82) is 0 Å². The summed E-state index contributed by atoms with van der Waals surface area (Å²) >= 11 is 0. The van der Waals surface area contributed by atoms with Crippen molar-refractivity contribution in [2.45, 2.75) is 32.3 Å². The average Bonchev–Trinajstić information content (AvgIpc) is 2.94. The van der Waals surface area contributed by atoms with Gasteiger partial charge < -0.3 is 34.6 Å². The number of aryl methyl sites for hydroxylation is 1. The van der Waals surface area contributed by atoms with Crippen molar-refractivity contribution < 1.29 is 49.0 Å². The summed E-state index contributed by atoms with van der Waals surface area (Å²) in [6.45, 7) is 3.20. The van der Waals surface area contributed by atoms with E-state index in [2.05, 4.69) is 0 Å². The molecule has 43 heavy (non-hydrogen) atoms. The summed E-state index contributed by atoms with van der Waals surface area (Å²) in [5.74, 6) is -2.94. The highest BCUT2D eigenvalue weighted by Gasteiger charge is 2.42. The number of aliphatic hydroxyl groups is 1. The molecule has 10 heteroatoms. The maximum absolute atomic E-state index is 14.3. The molecule has 0 aromatic heterocycles. The van der Waals surface area contributed by atoms with Gasteiger partial charge in [-0.2, -0.15) is 0 Å². The zero-order chi connectivity index (χ0) is 31.1. The van der Waals surface area contributed by atoms with Crippen molar-refractivity contribution in [2.24, 2.45) is 0 Å². The van der Waals surface area contributed by atoms with Crippen LogP contribution in [0.15, 0.2) is 30.3 Å². The Kier molecular flexibility index (Phi) is 6.17. The summed E-state index contributed by atoms with van der Waals surface area (Å²) in [5.41, 5.74) is -1.58. The fourth-order valence-corrected chi connectivity index (χ4v) is 6.46. The second-order valence-corrected chi connectivity index (χ2v) is 11.2. The van der Waals surface area contributed by atoms with Gasteiger partial charge in [-0.1, -0.05) is 0 Å². The number of aromatic hydroxyl groups is 3. The van der Waals surface area contributed by atoms with Gasteiger partial charge in [-0.05, 0) is 48.7 Å². The molecule has 0 radical (unpaired) electrons. The summed E-state index contributed by atoms with van der Waals surface area (Å²) in [4.78, 5) is 41.8. The van der Waals surface area contributed by atoms with Crippen molar-refractivity contribution in [3.63, 3.8) is 0 Å². The first-order valence-corrected chi connectivity index (χ1v) is 13.4. The second-order valence-electron chi connectivity index (χ2n) is 11.2. The van der Waals surface area contributed by atoms with Crippen molar-refractivity contribution >= 4 is 28.1 Å². The predicted molar refractivity (Wildman–Crippen MR) is 155 cm³/mol. The van der Waals surface area contributed by atoms with Crippen LogP contribution in [-0.4, -0.2) is 64.7 Å². The molecule has 4 aromatic rings. The molecule has 0 spiro atoms. The van der Waals surface area contributed by atoms with E-state index < -0.39 is 40.2 Å². The molecule has 2 aliphatic carbocycles. The number of carbonyl (C=O) groups is 3. The van der Waals surface area contributed by atoms with E-state index in [0.717, 1.165) is 6.07 Å². The highest BCUT2D eigenvalue weighted by atomic mass is 16.5. The van der Waals surface area contributed by atoms with E-state index in [1.807, 2.05) is 0 Å². The molecule has 0 saturated heterocycles. The monoisotopic (exact) mass is 584 g/mol. The van der Waals surface area contributed by atoms with Crippen LogP contribution in [0.4, 0.5) is 0 Å². The number of ether oxygens (including phenoxy) is 3. The minimum Gasteiger partial charge on any atom is -0.507 e. The van der Waals surface area contributed by atoms with Gasteiger partial charge in [0.1, 0.15) is 34.5 Å². The van der Waals surface area contributed by atoms with Gasteiger partial charge in [-0.3, -0.25) is 14.4 Å². The van der Waals surface area contributed by atoms with Crippen molar-refractivity contribution in [3.8, 4) is 45.6 Å². The van der Waals surface area contributed by atoms with E-state index in [-0.39, 0.29) is 79.6 Å². The fourth-order valence-electron chi connectivity index (χ4n) is 6.46. The molecule has 2 aliphatic rings. The molecule has 4 aromatic carbocycles. The van der Waals surface area contributed by atoms with Crippen LogP contribution < -0.4 is 14.2 Å². The molecule has 6 rings (SSSR count). The zero-order valence-electron chi connectivity index (χ0n) is 24.0. The van der Waals surface area contributed by atoms with E-state index in [1.165, 1.54) is 46.5 Å². The number of ketones is 3. The molecule has 220 valence electrons. The molecule has 0 fully saturated rings. The largest absolute Gasteiger partial charge is 0.507 e. The first kappa shape index (κ1) is 28.0. The van der Waals surface area contributed by atoms with Gasteiger partial charge in [0, 0.05) is 47.1 Å². The van der Waals surface area contributed by atoms with Gasteiger partial charge in [0.25, 0.3) is 0 Å². The third kappa shape index (κ3) is 3.94. The molecule has 0 saturated carbocycles. The lowest BCUT2D eigenvalue weighted by Gasteiger charge is -2.33. The fraction of sp³-hybridized carbons (Fsp3) is 0.242. The minimum atomic E-state index is -1.54. The molecule has 4 N–H and O–H groups in total. The number of fused-ring (bicyclic) bond motifs is 4. The Morgan fingerprint density at radius 3 is 2.02 bits per heavy atom. The lowest BCUT2D eigenvalue weighted by atomic mass is 9.72. The Balaban J connectivity index is 1.84. The molecule has 0 heterocycles. The molecule has 0 bridgehead atoms. The molecular weight excluding hydrogens is 556 g/mol. The molecule has 0 amide bonds. The van der Waals surface area contributed by atoms with Crippen LogP contribution in [0.1, 0.15) is 66.7 Å². The quantitative estimate of drug-likeness (QED) is 0.235. The summed E-state index contributed by atoms with van der Waals surface area (Å²) in [6, 6.07) is 7.13. The van der Waals surface area contributed by atoms with Gasteiger partial charge in [0.2, 0.25) is 5.78 Å². The highest BCUT2D eigenvalue weighted by molar-refractivity contribution is 6.33. The van der Waals surface area contributed by atoms with E-state index in [1.54, 1.807) is 13.0 Å².